The number of aryl methyl sites for hydroxylation is 1. The molecule has 0 heterocycles. The fourth-order valence-electron chi connectivity index (χ4n) is 1.28. The topological polar surface area (TPSA) is 34.1 Å². The Morgan fingerprint density at radius 1 is 1.47 bits per heavy atom. The maximum absolute atomic E-state index is 13.0. The fourth-order valence-corrected chi connectivity index (χ4v) is 2.32. The third-order valence-electron chi connectivity index (χ3n) is 2.16. The monoisotopic (exact) mass is 250 g/mol. The molecule has 0 saturated heterocycles. The van der Waals surface area contributed by atoms with Crippen molar-refractivity contribution in [2.75, 3.05) is 0 Å². The predicted molar refractivity (Wildman–Crippen MR) is 59.2 cm³/mol. The molecule has 0 fully saturated rings. The van der Waals surface area contributed by atoms with Crippen LogP contribution in [0.1, 0.15) is 29.8 Å². The summed E-state index contributed by atoms with van der Waals surface area (Å²) in [5, 5.41) is 0. The minimum Gasteiger partial charge on any atom is -0.243 e. The molecule has 0 aliphatic heterocycles. The van der Waals surface area contributed by atoms with Gasteiger partial charge < -0.3 is 0 Å². The lowest BCUT2D eigenvalue weighted by molar-refractivity contribution is 0.374. The first-order valence-corrected chi connectivity index (χ1v) is 6.93. The van der Waals surface area contributed by atoms with Crippen LogP contribution < -0.4 is 0 Å². The summed E-state index contributed by atoms with van der Waals surface area (Å²) in [6, 6.07) is 4.88. The first kappa shape index (κ1) is 12.5. The summed E-state index contributed by atoms with van der Waals surface area (Å²) in [5.41, 5.74) is 1.81. The second kappa shape index (κ2) is 4.49. The molecule has 1 atom stereocenters. The van der Waals surface area contributed by atoms with Gasteiger partial charge in [0.1, 0.15) is 6.17 Å². The zero-order valence-electron chi connectivity index (χ0n) is 8.50. The van der Waals surface area contributed by atoms with E-state index < -0.39 is 15.2 Å². The zero-order chi connectivity index (χ0) is 11.6. The third-order valence-corrected chi connectivity index (χ3v) is 3.14. The molecule has 15 heavy (non-hydrogen) atoms. The molecule has 0 bridgehead atoms. The van der Waals surface area contributed by atoms with Gasteiger partial charge in [-0.2, -0.15) is 0 Å². The average molecular weight is 251 g/mol. The first-order chi connectivity index (χ1) is 6.79. The van der Waals surface area contributed by atoms with Crippen molar-refractivity contribution in [2.45, 2.75) is 25.8 Å². The van der Waals surface area contributed by atoms with Gasteiger partial charge in [-0.1, -0.05) is 18.2 Å². The molecule has 5 heteroatoms. The first-order valence-electron chi connectivity index (χ1n) is 4.45. The van der Waals surface area contributed by atoms with Gasteiger partial charge in [0.15, 0.2) is 0 Å². The van der Waals surface area contributed by atoms with Crippen molar-refractivity contribution in [3.8, 4) is 0 Å². The smallest absolute Gasteiger partial charge is 0.236 e. The Kier molecular flexibility index (Phi) is 3.73. The van der Waals surface area contributed by atoms with Crippen LogP contribution >= 0.6 is 10.7 Å². The van der Waals surface area contributed by atoms with Crippen molar-refractivity contribution in [1.29, 1.82) is 0 Å². The van der Waals surface area contributed by atoms with Crippen LogP contribution in [-0.2, 0) is 14.8 Å². The van der Waals surface area contributed by atoms with Gasteiger partial charge in [0.25, 0.3) is 0 Å². The van der Waals surface area contributed by atoms with Gasteiger partial charge in [0.05, 0.1) is 5.75 Å². The maximum atomic E-state index is 13.0. The molecule has 1 rings (SSSR count). The molecule has 1 aromatic rings. The Balaban J connectivity index is 3.11. The van der Waals surface area contributed by atoms with Gasteiger partial charge in [0, 0.05) is 10.7 Å². The van der Waals surface area contributed by atoms with Crippen molar-refractivity contribution in [3.05, 3.63) is 34.9 Å². The average Bonchev–Trinajstić information content (AvgIpc) is 2.06. The highest BCUT2D eigenvalue weighted by Crippen LogP contribution is 2.22. The number of benzene rings is 1. The second-order valence-electron chi connectivity index (χ2n) is 3.49. The molecule has 84 valence electrons. The normalized spacial score (nSPS) is 13.9. The number of hydrogen-bond acceptors (Lipinski definition) is 2. The summed E-state index contributed by atoms with van der Waals surface area (Å²) in [7, 11) is 1.56. The van der Waals surface area contributed by atoms with Crippen LogP contribution in [0.5, 0.6) is 0 Å². The van der Waals surface area contributed by atoms with Gasteiger partial charge in [-0.15, -0.1) is 0 Å². The van der Waals surface area contributed by atoms with Crippen LogP contribution in [-0.4, -0.2) is 8.42 Å². The van der Waals surface area contributed by atoms with Crippen molar-refractivity contribution in [3.63, 3.8) is 0 Å². The van der Waals surface area contributed by atoms with Gasteiger partial charge in [-0.05, 0) is 30.5 Å². The van der Waals surface area contributed by atoms with Gasteiger partial charge in [-0.3, -0.25) is 0 Å². The number of hydrogen-bond donors (Lipinski definition) is 0. The lowest BCUT2D eigenvalue weighted by Gasteiger charge is -2.08. The Hall–Kier alpha value is -0.610. The lowest BCUT2D eigenvalue weighted by atomic mass is 10.0. The van der Waals surface area contributed by atoms with E-state index >= 15 is 0 Å². The molecule has 0 amide bonds. The lowest BCUT2D eigenvalue weighted by Crippen LogP contribution is -1.99. The van der Waals surface area contributed by atoms with E-state index in [1.165, 1.54) is 6.92 Å². The minimum atomic E-state index is -3.59. The van der Waals surface area contributed by atoms with Crippen molar-refractivity contribution >= 4 is 19.7 Å². The summed E-state index contributed by atoms with van der Waals surface area (Å²) in [6.45, 7) is 3.17. The molecule has 0 aliphatic carbocycles. The highest BCUT2D eigenvalue weighted by Gasteiger charge is 2.12. The van der Waals surface area contributed by atoms with Crippen LogP contribution in [0.15, 0.2) is 18.2 Å². The standard InChI is InChI=1S/C10H12ClFO2S/c1-7-3-4-9(8(2)12)5-10(7)6-15(11,13)14/h3-5,8H,6H2,1-2H3. The number of rotatable bonds is 3. The van der Waals surface area contributed by atoms with Crippen molar-refractivity contribution in [1.82, 2.24) is 0 Å². The Morgan fingerprint density at radius 3 is 2.53 bits per heavy atom. The fraction of sp³-hybridized carbons (Fsp3) is 0.400. The maximum Gasteiger partial charge on any atom is 0.236 e. The molecule has 0 spiro atoms. The summed E-state index contributed by atoms with van der Waals surface area (Å²) in [5.74, 6) is -0.263. The molecule has 0 aromatic heterocycles. The van der Waals surface area contributed by atoms with Gasteiger partial charge >= 0.3 is 0 Å². The van der Waals surface area contributed by atoms with E-state index in [1.807, 2.05) is 0 Å². The molecule has 1 aromatic carbocycles. The summed E-state index contributed by atoms with van der Waals surface area (Å²) < 4.78 is 34.8. The van der Waals surface area contributed by atoms with E-state index in [9.17, 15) is 12.8 Å². The van der Waals surface area contributed by atoms with E-state index in [0.717, 1.165) is 5.56 Å². The van der Waals surface area contributed by atoms with Crippen LogP contribution in [0.3, 0.4) is 0 Å². The molecule has 0 saturated carbocycles. The minimum absolute atomic E-state index is 0.263. The third kappa shape index (κ3) is 3.80. The zero-order valence-corrected chi connectivity index (χ0v) is 10.1. The van der Waals surface area contributed by atoms with Crippen molar-refractivity contribution in [2.24, 2.45) is 0 Å². The van der Waals surface area contributed by atoms with Gasteiger partial charge in [-0.25, -0.2) is 12.8 Å². The van der Waals surface area contributed by atoms with E-state index in [4.69, 9.17) is 10.7 Å². The van der Waals surface area contributed by atoms with Crippen LogP contribution in [0, 0.1) is 6.92 Å². The quantitative estimate of drug-likeness (QED) is 0.773. The number of alkyl halides is 1. The summed E-state index contributed by atoms with van der Waals surface area (Å²) in [6.07, 6.45) is -1.11. The summed E-state index contributed by atoms with van der Waals surface area (Å²) in [4.78, 5) is 0. The Labute approximate surface area is 93.5 Å². The van der Waals surface area contributed by atoms with Crippen LogP contribution in [0.2, 0.25) is 0 Å². The molecule has 0 N–H and O–H groups in total. The SMILES string of the molecule is Cc1ccc(C(C)F)cc1CS(=O)(=O)Cl. The second-order valence-corrected chi connectivity index (χ2v) is 6.26. The molecular formula is C10H12ClFO2S. The van der Waals surface area contributed by atoms with Crippen LogP contribution in [0.4, 0.5) is 4.39 Å². The van der Waals surface area contributed by atoms with E-state index in [0.29, 0.717) is 11.1 Å². The molecular weight excluding hydrogens is 239 g/mol. The van der Waals surface area contributed by atoms with Gasteiger partial charge in [0.2, 0.25) is 9.05 Å². The summed E-state index contributed by atoms with van der Waals surface area (Å²) >= 11 is 0. The molecule has 1 unspecified atom stereocenters. The Bertz CT molecular complexity index is 454. The van der Waals surface area contributed by atoms with E-state index in [-0.39, 0.29) is 5.75 Å². The van der Waals surface area contributed by atoms with E-state index in [2.05, 4.69) is 0 Å². The predicted octanol–water partition coefficient (Wildman–Crippen LogP) is 3.09. The number of halogens is 2. The Morgan fingerprint density at radius 2 is 2.07 bits per heavy atom. The molecule has 0 radical (unpaired) electrons. The largest absolute Gasteiger partial charge is 0.243 e. The van der Waals surface area contributed by atoms with E-state index in [1.54, 1.807) is 25.1 Å². The highest BCUT2D eigenvalue weighted by molar-refractivity contribution is 8.13. The molecule has 2 nitrogen and oxygen atoms in total. The van der Waals surface area contributed by atoms with Crippen LogP contribution in [0.25, 0.3) is 0 Å². The van der Waals surface area contributed by atoms with Crippen molar-refractivity contribution < 1.29 is 12.8 Å². The highest BCUT2D eigenvalue weighted by atomic mass is 35.7. The molecule has 0 aliphatic rings.